The van der Waals surface area contributed by atoms with E-state index in [4.69, 9.17) is 26.1 Å². The van der Waals surface area contributed by atoms with E-state index in [1.54, 1.807) is 10.6 Å². The Morgan fingerprint density at radius 3 is 2.64 bits per heavy atom. The van der Waals surface area contributed by atoms with Gasteiger partial charge in [-0.15, -0.1) is 0 Å². The van der Waals surface area contributed by atoms with Crippen LogP contribution in [0.5, 0.6) is 11.5 Å². The normalized spacial score (nSPS) is 15.4. The molecule has 0 amide bonds. The highest BCUT2D eigenvalue weighted by Gasteiger charge is 2.33. The molecule has 1 unspecified atom stereocenters. The molecule has 0 spiro atoms. The van der Waals surface area contributed by atoms with Crippen molar-refractivity contribution in [3.05, 3.63) is 155 Å². The van der Waals surface area contributed by atoms with Crippen molar-refractivity contribution in [2.24, 2.45) is 4.99 Å². The van der Waals surface area contributed by atoms with Crippen LogP contribution in [-0.4, -0.2) is 11.2 Å². The van der Waals surface area contributed by atoms with Crippen LogP contribution in [0.2, 0.25) is 5.02 Å². The number of nitrogens with zero attached hydrogens (tertiary/aromatic N) is 3. The predicted molar refractivity (Wildman–Crippen MR) is 177 cm³/mol. The third-order valence-corrected chi connectivity index (χ3v) is 9.49. The van der Waals surface area contributed by atoms with E-state index in [2.05, 4.69) is 24.3 Å². The van der Waals surface area contributed by atoms with Crippen molar-refractivity contribution in [1.29, 1.82) is 5.26 Å². The van der Waals surface area contributed by atoms with Crippen molar-refractivity contribution in [3.8, 4) is 17.6 Å². The molecule has 2 heterocycles. The maximum absolute atomic E-state index is 14.2. The number of thiazole rings is 1. The minimum atomic E-state index is -0.341. The first-order valence-corrected chi connectivity index (χ1v) is 16.0. The Morgan fingerprint density at radius 2 is 1.80 bits per heavy atom. The third kappa shape index (κ3) is 5.37. The monoisotopic (exact) mass is 629 g/mol. The van der Waals surface area contributed by atoms with Crippen molar-refractivity contribution in [2.45, 2.75) is 32.4 Å². The average molecular weight is 630 g/mol. The number of hydrogen-bond acceptors (Lipinski definition) is 6. The van der Waals surface area contributed by atoms with Crippen LogP contribution in [0.4, 0.5) is 0 Å². The van der Waals surface area contributed by atoms with Crippen LogP contribution in [0, 0.1) is 11.3 Å². The fourth-order valence-corrected chi connectivity index (χ4v) is 7.30. The molecule has 7 rings (SSSR count). The number of rotatable bonds is 7. The maximum atomic E-state index is 14.2. The number of allylic oxidation sites excluding steroid dienone is 1. The molecule has 1 aliphatic heterocycles. The van der Waals surface area contributed by atoms with E-state index in [9.17, 15) is 10.1 Å². The summed E-state index contributed by atoms with van der Waals surface area (Å²) in [6, 6.07) is 31.0. The predicted octanol–water partition coefficient (Wildman–Crippen LogP) is 6.82. The maximum Gasteiger partial charge on any atom is 0.271 e. The molecule has 0 N–H and O–H groups in total. The number of ether oxygens (including phenoxy) is 2. The van der Waals surface area contributed by atoms with Gasteiger partial charge in [0.05, 0.1) is 34.5 Å². The quantitative estimate of drug-likeness (QED) is 0.198. The first kappa shape index (κ1) is 28.8. The lowest BCUT2D eigenvalue weighted by Crippen LogP contribution is -2.38. The zero-order valence-corrected chi connectivity index (χ0v) is 26.1. The van der Waals surface area contributed by atoms with Crippen LogP contribution in [0.15, 0.2) is 106 Å². The van der Waals surface area contributed by atoms with Gasteiger partial charge in [0.25, 0.3) is 5.56 Å². The summed E-state index contributed by atoms with van der Waals surface area (Å²) < 4.78 is 14.4. The summed E-state index contributed by atoms with van der Waals surface area (Å²) in [5.74, 6) is 1.13. The molecule has 222 valence electrons. The Bertz CT molecular complexity index is 2210. The summed E-state index contributed by atoms with van der Waals surface area (Å²) in [6.07, 6.45) is 3.56. The van der Waals surface area contributed by atoms with Crippen molar-refractivity contribution in [2.75, 3.05) is 6.61 Å². The average Bonchev–Trinajstić information content (AvgIpc) is 3.37. The number of halogens is 1. The second-order valence-electron chi connectivity index (χ2n) is 10.8. The summed E-state index contributed by atoms with van der Waals surface area (Å²) >= 11 is 8.15. The number of nitriles is 1. The topological polar surface area (TPSA) is 76.6 Å². The lowest BCUT2D eigenvalue weighted by Gasteiger charge is -2.31. The Balaban J connectivity index is 1.31. The van der Waals surface area contributed by atoms with Crippen LogP contribution in [0.1, 0.15) is 52.8 Å². The van der Waals surface area contributed by atoms with Gasteiger partial charge in [0, 0.05) is 16.1 Å². The molecular formula is C37H28ClN3O3S. The zero-order valence-electron chi connectivity index (χ0n) is 24.5. The van der Waals surface area contributed by atoms with Crippen LogP contribution >= 0.6 is 22.9 Å². The fourth-order valence-electron chi connectivity index (χ4n) is 6.06. The van der Waals surface area contributed by atoms with Crippen LogP contribution < -0.4 is 24.4 Å². The lowest BCUT2D eigenvalue weighted by atomic mass is 9.83. The Kier molecular flexibility index (Phi) is 7.85. The van der Waals surface area contributed by atoms with Gasteiger partial charge in [-0.05, 0) is 72.4 Å². The number of hydrogen-bond donors (Lipinski definition) is 0. The van der Waals surface area contributed by atoms with Gasteiger partial charge >= 0.3 is 0 Å². The van der Waals surface area contributed by atoms with Crippen LogP contribution in [-0.2, 0) is 13.0 Å². The van der Waals surface area contributed by atoms with Crippen molar-refractivity contribution < 1.29 is 9.47 Å². The summed E-state index contributed by atoms with van der Waals surface area (Å²) in [5.41, 5.74) is 7.38. The van der Waals surface area contributed by atoms with E-state index in [0.717, 1.165) is 46.4 Å². The second-order valence-corrected chi connectivity index (χ2v) is 12.2. The molecule has 8 heteroatoms. The summed E-state index contributed by atoms with van der Waals surface area (Å²) in [5, 5.41) is 10.1. The molecule has 1 aliphatic carbocycles. The molecule has 5 aromatic rings. The summed E-state index contributed by atoms with van der Waals surface area (Å²) in [7, 11) is 0. The molecule has 0 saturated heterocycles. The fraction of sp³-hybridized carbons (Fsp3) is 0.162. The summed E-state index contributed by atoms with van der Waals surface area (Å²) in [4.78, 5) is 19.9. The van der Waals surface area contributed by atoms with Gasteiger partial charge in [-0.1, -0.05) is 89.7 Å². The van der Waals surface area contributed by atoms with Gasteiger partial charge in [-0.2, -0.15) is 5.26 Å². The van der Waals surface area contributed by atoms with Crippen molar-refractivity contribution >= 4 is 34.7 Å². The molecule has 45 heavy (non-hydrogen) atoms. The van der Waals surface area contributed by atoms with Crippen molar-refractivity contribution in [1.82, 2.24) is 4.57 Å². The summed E-state index contributed by atoms with van der Waals surface area (Å²) in [6.45, 7) is 2.59. The van der Waals surface area contributed by atoms with Crippen molar-refractivity contribution in [3.63, 3.8) is 0 Å². The van der Waals surface area contributed by atoms with Crippen LogP contribution in [0.25, 0.3) is 11.8 Å². The van der Waals surface area contributed by atoms with E-state index in [1.165, 1.54) is 16.9 Å². The SMILES string of the molecule is CCOc1cc(C=c2sc3n(c2=O)C(c2ccccc2Cl)C2=C(N=3)c3ccccc3CC2)ccc1OCc1ccccc1C#N. The highest BCUT2D eigenvalue weighted by atomic mass is 35.5. The Morgan fingerprint density at radius 1 is 1.00 bits per heavy atom. The van der Waals surface area contributed by atoms with Gasteiger partial charge in [0.1, 0.15) is 6.61 Å². The lowest BCUT2D eigenvalue weighted by molar-refractivity contribution is 0.269. The highest BCUT2D eigenvalue weighted by Crippen LogP contribution is 2.42. The molecule has 1 aromatic heterocycles. The molecular weight excluding hydrogens is 602 g/mol. The number of aryl methyl sites for hydroxylation is 1. The minimum Gasteiger partial charge on any atom is -0.490 e. The van der Waals surface area contributed by atoms with Gasteiger partial charge < -0.3 is 9.47 Å². The highest BCUT2D eigenvalue weighted by molar-refractivity contribution is 7.07. The van der Waals surface area contributed by atoms with E-state index in [0.29, 0.717) is 38.0 Å². The van der Waals surface area contributed by atoms with E-state index >= 15 is 0 Å². The largest absolute Gasteiger partial charge is 0.490 e. The molecule has 0 saturated carbocycles. The van der Waals surface area contributed by atoms with Gasteiger partial charge in [0.2, 0.25) is 0 Å². The van der Waals surface area contributed by atoms with E-state index < -0.39 is 0 Å². The first-order valence-electron chi connectivity index (χ1n) is 14.8. The molecule has 0 fully saturated rings. The van der Waals surface area contributed by atoms with E-state index in [-0.39, 0.29) is 18.2 Å². The van der Waals surface area contributed by atoms with Gasteiger partial charge in [-0.25, -0.2) is 4.99 Å². The molecule has 6 nitrogen and oxygen atoms in total. The minimum absolute atomic E-state index is 0.111. The Labute approximate surface area is 269 Å². The zero-order chi connectivity index (χ0) is 30.9. The Hall–Kier alpha value is -4.90. The smallest absolute Gasteiger partial charge is 0.271 e. The third-order valence-electron chi connectivity index (χ3n) is 8.16. The second kappa shape index (κ2) is 12.2. The van der Waals surface area contributed by atoms with Gasteiger partial charge in [0.15, 0.2) is 16.3 Å². The molecule has 0 radical (unpaired) electrons. The molecule has 0 bridgehead atoms. The van der Waals surface area contributed by atoms with Gasteiger partial charge in [-0.3, -0.25) is 9.36 Å². The van der Waals surface area contributed by atoms with E-state index in [1.807, 2.05) is 79.7 Å². The number of aromatic nitrogens is 1. The molecule has 4 aromatic carbocycles. The first-order chi connectivity index (χ1) is 22.1. The standard InChI is InChI=1S/C37H28ClN3O3S/c1-2-43-32-19-23(15-18-31(32)44-22-26-11-4-3-10-25(26)21-39)20-33-36(42)41-35(28-13-7-8-14-30(28)38)29-17-16-24-9-5-6-12-27(24)34(29)40-37(41)45-33/h3-15,18-20,35H,2,16-17,22H2,1H3. The molecule has 2 aliphatic rings. The number of benzene rings is 4. The molecule has 1 atom stereocenters. The van der Waals surface area contributed by atoms with Crippen LogP contribution in [0.3, 0.4) is 0 Å². The number of fused-ring (bicyclic) bond motifs is 3.